The van der Waals surface area contributed by atoms with Crippen LogP contribution in [0.3, 0.4) is 0 Å². The van der Waals surface area contributed by atoms with Gasteiger partial charge in [0.15, 0.2) is 0 Å². The predicted molar refractivity (Wildman–Crippen MR) is 57.9 cm³/mol. The van der Waals surface area contributed by atoms with E-state index in [-0.39, 0.29) is 12.0 Å². The third-order valence-electron chi connectivity index (χ3n) is 2.09. The van der Waals surface area contributed by atoms with Gasteiger partial charge in [-0.05, 0) is 18.9 Å². The van der Waals surface area contributed by atoms with Gasteiger partial charge in [-0.15, -0.1) is 11.6 Å². The number of para-hydroxylation sites is 1. The Kier molecular flexibility index (Phi) is 4.77. The summed E-state index contributed by atoms with van der Waals surface area (Å²) in [4.78, 5) is 0. The first kappa shape index (κ1) is 11.3. The monoisotopic (exact) mass is 214 g/mol. The highest BCUT2D eigenvalue weighted by atomic mass is 35.5. The van der Waals surface area contributed by atoms with Crippen LogP contribution in [-0.2, 0) is 0 Å². The van der Waals surface area contributed by atoms with Crippen LogP contribution in [0, 0.1) is 0 Å². The van der Waals surface area contributed by atoms with Crippen molar-refractivity contribution in [1.29, 1.82) is 0 Å². The Morgan fingerprint density at radius 3 is 2.79 bits per heavy atom. The highest BCUT2D eigenvalue weighted by Gasteiger charge is 2.11. The maximum Gasteiger partial charge on any atom is 0.123 e. The second kappa shape index (κ2) is 5.89. The molecule has 1 atom stereocenters. The minimum Gasteiger partial charge on any atom is -0.496 e. The summed E-state index contributed by atoms with van der Waals surface area (Å²) in [7, 11) is 1.63. The van der Waals surface area contributed by atoms with Crippen LogP contribution in [0.5, 0.6) is 5.75 Å². The highest BCUT2D eigenvalue weighted by molar-refractivity contribution is 6.21. The van der Waals surface area contributed by atoms with E-state index >= 15 is 0 Å². The zero-order valence-electron chi connectivity index (χ0n) is 8.24. The first-order valence-corrected chi connectivity index (χ1v) is 5.11. The van der Waals surface area contributed by atoms with Crippen LogP contribution in [0.2, 0.25) is 0 Å². The summed E-state index contributed by atoms with van der Waals surface area (Å²) in [5.74, 6) is 0.811. The summed E-state index contributed by atoms with van der Waals surface area (Å²) < 4.78 is 5.20. The summed E-state index contributed by atoms with van der Waals surface area (Å²) in [5, 5.41) is 8.61. The Hall–Kier alpha value is -0.730. The number of alkyl halides is 1. The molecule has 0 saturated heterocycles. The Morgan fingerprint density at radius 2 is 2.14 bits per heavy atom. The number of hydrogen-bond acceptors (Lipinski definition) is 2. The number of methoxy groups -OCH3 is 1. The predicted octanol–water partition coefficient (Wildman–Crippen LogP) is 2.75. The number of aliphatic hydroxyl groups excluding tert-OH is 1. The van der Waals surface area contributed by atoms with Crippen molar-refractivity contribution in [3.05, 3.63) is 29.8 Å². The summed E-state index contributed by atoms with van der Waals surface area (Å²) in [6.07, 6.45) is 1.48. The summed E-state index contributed by atoms with van der Waals surface area (Å²) in [6, 6.07) is 7.70. The number of aliphatic hydroxyl groups is 1. The van der Waals surface area contributed by atoms with Crippen molar-refractivity contribution in [3.8, 4) is 5.75 Å². The van der Waals surface area contributed by atoms with Crippen LogP contribution in [0.1, 0.15) is 23.8 Å². The maximum absolute atomic E-state index is 8.70. The van der Waals surface area contributed by atoms with Crippen LogP contribution in [0.25, 0.3) is 0 Å². The molecule has 3 heteroatoms. The van der Waals surface area contributed by atoms with Crippen molar-refractivity contribution in [2.75, 3.05) is 13.7 Å². The van der Waals surface area contributed by atoms with E-state index in [1.165, 1.54) is 0 Å². The Morgan fingerprint density at radius 1 is 1.43 bits per heavy atom. The molecule has 14 heavy (non-hydrogen) atoms. The lowest BCUT2D eigenvalue weighted by Gasteiger charge is -2.12. The summed E-state index contributed by atoms with van der Waals surface area (Å²) in [5.41, 5.74) is 0.991. The molecule has 0 aliphatic rings. The Bertz CT molecular complexity index is 276. The molecule has 78 valence electrons. The average Bonchev–Trinajstić information content (AvgIpc) is 2.25. The van der Waals surface area contributed by atoms with Gasteiger partial charge in [-0.3, -0.25) is 0 Å². The van der Waals surface area contributed by atoms with E-state index in [0.717, 1.165) is 17.7 Å². The lowest BCUT2D eigenvalue weighted by molar-refractivity contribution is 0.283. The molecular weight excluding hydrogens is 200 g/mol. The molecule has 0 saturated carbocycles. The van der Waals surface area contributed by atoms with E-state index in [4.69, 9.17) is 21.4 Å². The van der Waals surface area contributed by atoms with Gasteiger partial charge in [0.05, 0.1) is 12.5 Å². The van der Waals surface area contributed by atoms with Crippen LogP contribution >= 0.6 is 11.6 Å². The maximum atomic E-state index is 8.70. The molecule has 0 fully saturated rings. The van der Waals surface area contributed by atoms with Crippen LogP contribution in [-0.4, -0.2) is 18.8 Å². The van der Waals surface area contributed by atoms with Crippen molar-refractivity contribution in [2.45, 2.75) is 18.2 Å². The normalized spacial score (nSPS) is 12.5. The second-order valence-corrected chi connectivity index (χ2v) is 3.60. The number of halogens is 1. The molecule has 0 aliphatic heterocycles. The van der Waals surface area contributed by atoms with Crippen LogP contribution < -0.4 is 4.74 Å². The van der Waals surface area contributed by atoms with E-state index in [1.807, 2.05) is 24.3 Å². The van der Waals surface area contributed by atoms with Crippen molar-refractivity contribution in [2.24, 2.45) is 0 Å². The minimum atomic E-state index is -0.0849. The van der Waals surface area contributed by atoms with Gasteiger partial charge < -0.3 is 9.84 Å². The Labute approximate surface area is 89.5 Å². The van der Waals surface area contributed by atoms with Crippen molar-refractivity contribution in [1.82, 2.24) is 0 Å². The smallest absolute Gasteiger partial charge is 0.123 e. The Balaban J connectivity index is 2.72. The molecular formula is C11H15ClO2. The summed E-state index contributed by atoms with van der Waals surface area (Å²) in [6.45, 7) is 0.179. The fourth-order valence-electron chi connectivity index (χ4n) is 1.35. The standard InChI is InChI=1S/C11H15ClO2/c1-14-11-7-3-2-5-9(11)10(12)6-4-8-13/h2-3,5,7,10,13H,4,6,8H2,1H3. The van der Waals surface area contributed by atoms with Crippen LogP contribution in [0.4, 0.5) is 0 Å². The molecule has 0 bridgehead atoms. The highest BCUT2D eigenvalue weighted by Crippen LogP contribution is 2.32. The van der Waals surface area contributed by atoms with E-state index in [9.17, 15) is 0 Å². The largest absolute Gasteiger partial charge is 0.496 e. The first-order chi connectivity index (χ1) is 6.79. The lowest BCUT2D eigenvalue weighted by atomic mass is 10.1. The van der Waals surface area contributed by atoms with Gasteiger partial charge in [0.2, 0.25) is 0 Å². The fraction of sp³-hybridized carbons (Fsp3) is 0.455. The molecule has 1 rings (SSSR count). The first-order valence-electron chi connectivity index (χ1n) is 4.67. The molecule has 0 amide bonds. The van der Waals surface area contributed by atoms with Gasteiger partial charge in [-0.25, -0.2) is 0 Å². The van der Waals surface area contributed by atoms with Gasteiger partial charge in [-0.1, -0.05) is 18.2 Å². The number of ether oxygens (including phenoxy) is 1. The van der Waals surface area contributed by atoms with Gasteiger partial charge in [-0.2, -0.15) is 0 Å². The molecule has 1 aromatic carbocycles. The van der Waals surface area contributed by atoms with E-state index < -0.39 is 0 Å². The molecule has 0 spiro atoms. The fourth-order valence-corrected chi connectivity index (χ4v) is 1.69. The minimum absolute atomic E-state index is 0.0849. The third-order valence-corrected chi connectivity index (χ3v) is 2.55. The molecule has 1 N–H and O–H groups in total. The topological polar surface area (TPSA) is 29.5 Å². The van der Waals surface area contributed by atoms with E-state index in [0.29, 0.717) is 6.42 Å². The number of hydrogen-bond donors (Lipinski definition) is 1. The quantitative estimate of drug-likeness (QED) is 0.764. The molecule has 0 aromatic heterocycles. The number of rotatable bonds is 5. The average molecular weight is 215 g/mol. The number of benzene rings is 1. The van der Waals surface area contributed by atoms with E-state index in [1.54, 1.807) is 7.11 Å². The molecule has 0 radical (unpaired) electrons. The van der Waals surface area contributed by atoms with Gasteiger partial charge in [0, 0.05) is 12.2 Å². The van der Waals surface area contributed by atoms with Gasteiger partial charge >= 0.3 is 0 Å². The molecule has 1 unspecified atom stereocenters. The molecule has 0 aliphatic carbocycles. The van der Waals surface area contributed by atoms with E-state index in [2.05, 4.69) is 0 Å². The second-order valence-electron chi connectivity index (χ2n) is 3.08. The van der Waals surface area contributed by atoms with Crippen molar-refractivity contribution in [3.63, 3.8) is 0 Å². The molecule has 2 nitrogen and oxygen atoms in total. The zero-order chi connectivity index (χ0) is 10.4. The zero-order valence-corrected chi connectivity index (χ0v) is 9.00. The molecule has 0 heterocycles. The molecule has 1 aromatic rings. The van der Waals surface area contributed by atoms with Crippen molar-refractivity contribution >= 4 is 11.6 Å². The summed E-state index contributed by atoms with van der Waals surface area (Å²) >= 11 is 6.18. The third kappa shape index (κ3) is 2.89. The lowest BCUT2D eigenvalue weighted by Crippen LogP contribution is -1.96. The SMILES string of the molecule is COc1ccccc1C(Cl)CCCO. The van der Waals surface area contributed by atoms with Crippen LogP contribution in [0.15, 0.2) is 24.3 Å². The van der Waals surface area contributed by atoms with Gasteiger partial charge in [0.25, 0.3) is 0 Å². The van der Waals surface area contributed by atoms with Gasteiger partial charge in [0.1, 0.15) is 5.75 Å². The van der Waals surface area contributed by atoms with Crippen molar-refractivity contribution < 1.29 is 9.84 Å².